The number of fused-ring (bicyclic) bond motifs is 1. The van der Waals surface area contributed by atoms with Gasteiger partial charge in [0.1, 0.15) is 17.0 Å². The van der Waals surface area contributed by atoms with E-state index in [0.29, 0.717) is 0 Å². The van der Waals surface area contributed by atoms with Gasteiger partial charge in [-0.2, -0.15) is 0 Å². The first-order chi connectivity index (χ1) is 12.1. The van der Waals surface area contributed by atoms with Crippen molar-refractivity contribution in [3.05, 3.63) is 59.8 Å². The molecular formula is C21H22N2O2. The molecule has 0 atom stereocenters. The van der Waals surface area contributed by atoms with Gasteiger partial charge in [0.25, 0.3) is 0 Å². The average molecular weight is 334 g/mol. The molecule has 0 aliphatic heterocycles. The number of aromatic nitrogens is 1. The Hall–Kier alpha value is -3.01. The Balaban J connectivity index is 2.03. The van der Waals surface area contributed by atoms with E-state index in [2.05, 4.69) is 46.3 Å². The van der Waals surface area contributed by atoms with Crippen LogP contribution in [0.3, 0.4) is 0 Å². The number of hydrogen-bond donors (Lipinski definition) is 0. The SMILES string of the molecule is COc1ccc(OC)c2c(/C=C/c3ccc(N(C)C)cc3)ccnc12. The van der Waals surface area contributed by atoms with Crippen LogP contribution in [0.5, 0.6) is 11.5 Å². The van der Waals surface area contributed by atoms with Crippen molar-refractivity contribution in [1.82, 2.24) is 4.98 Å². The maximum absolute atomic E-state index is 5.53. The van der Waals surface area contributed by atoms with E-state index in [1.807, 2.05) is 32.3 Å². The topological polar surface area (TPSA) is 34.6 Å². The summed E-state index contributed by atoms with van der Waals surface area (Å²) >= 11 is 0. The summed E-state index contributed by atoms with van der Waals surface area (Å²) in [6, 6.07) is 14.2. The minimum Gasteiger partial charge on any atom is -0.496 e. The quantitative estimate of drug-likeness (QED) is 0.688. The van der Waals surface area contributed by atoms with Gasteiger partial charge in [-0.1, -0.05) is 24.3 Å². The molecule has 1 aromatic heterocycles. The lowest BCUT2D eigenvalue weighted by Gasteiger charge is -2.12. The van der Waals surface area contributed by atoms with E-state index in [4.69, 9.17) is 9.47 Å². The highest BCUT2D eigenvalue weighted by molar-refractivity contribution is 5.98. The molecule has 3 rings (SSSR count). The molecular weight excluding hydrogens is 312 g/mol. The van der Waals surface area contributed by atoms with Crippen LogP contribution < -0.4 is 14.4 Å². The molecule has 0 saturated heterocycles. The fourth-order valence-corrected chi connectivity index (χ4v) is 2.78. The normalized spacial score (nSPS) is 11.0. The summed E-state index contributed by atoms with van der Waals surface area (Å²) in [5.74, 6) is 1.52. The van der Waals surface area contributed by atoms with Crippen LogP contribution in [0.15, 0.2) is 48.7 Å². The smallest absolute Gasteiger partial charge is 0.145 e. The van der Waals surface area contributed by atoms with Crippen molar-refractivity contribution in [1.29, 1.82) is 0 Å². The van der Waals surface area contributed by atoms with Gasteiger partial charge in [-0.3, -0.25) is 4.98 Å². The van der Waals surface area contributed by atoms with E-state index in [9.17, 15) is 0 Å². The van der Waals surface area contributed by atoms with Crippen LogP contribution in [-0.2, 0) is 0 Å². The molecule has 0 saturated carbocycles. The van der Waals surface area contributed by atoms with Gasteiger partial charge >= 0.3 is 0 Å². The van der Waals surface area contributed by atoms with E-state index in [1.165, 1.54) is 5.69 Å². The van der Waals surface area contributed by atoms with Crippen molar-refractivity contribution in [2.45, 2.75) is 0 Å². The van der Waals surface area contributed by atoms with E-state index >= 15 is 0 Å². The Morgan fingerprint density at radius 2 is 1.52 bits per heavy atom. The molecule has 4 heteroatoms. The van der Waals surface area contributed by atoms with Crippen molar-refractivity contribution < 1.29 is 9.47 Å². The van der Waals surface area contributed by atoms with E-state index in [-0.39, 0.29) is 0 Å². The van der Waals surface area contributed by atoms with Crippen molar-refractivity contribution >= 4 is 28.7 Å². The Kier molecular flexibility index (Phi) is 4.89. The first-order valence-electron chi connectivity index (χ1n) is 8.09. The molecule has 0 spiro atoms. The highest BCUT2D eigenvalue weighted by Gasteiger charge is 2.11. The van der Waals surface area contributed by atoms with Gasteiger partial charge in [-0.15, -0.1) is 0 Å². The highest BCUT2D eigenvalue weighted by atomic mass is 16.5. The lowest BCUT2D eigenvalue weighted by atomic mass is 10.1. The van der Waals surface area contributed by atoms with Crippen LogP contribution in [0.25, 0.3) is 23.1 Å². The van der Waals surface area contributed by atoms with Crippen LogP contribution in [-0.4, -0.2) is 33.3 Å². The standard InChI is InChI=1S/C21H22N2O2/c1-23(2)17-9-6-15(7-10-17)5-8-16-13-14-22-21-19(25-4)12-11-18(24-3)20(16)21/h5-14H,1-4H3/b8-5+. The fraction of sp³-hybridized carbons (Fsp3) is 0.190. The molecule has 3 aromatic rings. The molecule has 2 aromatic carbocycles. The van der Waals surface area contributed by atoms with Gasteiger partial charge in [0.2, 0.25) is 0 Å². The third-order valence-electron chi connectivity index (χ3n) is 4.15. The fourth-order valence-electron chi connectivity index (χ4n) is 2.78. The molecule has 0 aliphatic carbocycles. The number of pyridine rings is 1. The van der Waals surface area contributed by atoms with Crippen molar-refractivity contribution in [3.63, 3.8) is 0 Å². The Labute approximate surface area is 148 Å². The summed E-state index contributed by atoms with van der Waals surface area (Å²) in [5.41, 5.74) is 4.15. The average Bonchev–Trinajstić information content (AvgIpc) is 2.65. The van der Waals surface area contributed by atoms with Gasteiger partial charge in [-0.25, -0.2) is 0 Å². The van der Waals surface area contributed by atoms with Crippen LogP contribution in [0.1, 0.15) is 11.1 Å². The molecule has 128 valence electrons. The zero-order chi connectivity index (χ0) is 17.8. The number of benzene rings is 2. The zero-order valence-corrected chi connectivity index (χ0v) is 15.0. The largest absolute Gasteiger partial charge is 0.496 e. The first kappa shape index (κ1) is 16.8. The monoisotopic (exact) mass is 334 g/mol. The summed E-state index contributed by atoms with van der Waals surface area (Å²) in [6.45, 7) is 0. The van der Waals surface area contributed by atoms with Crippen molar-refractivity contribution in [2.24, 2.45) is 0 Å². The lowest BCUT2D eigenvalue weighted by Crippen LogP contribution is -2.07. The van der Waals surface area contributed by atoms with Gasteiger partial charge in [0.05, 0.1) is 19.6 Å². The molecule has 0 N–H and O–H groups in total. The first-order valence-corrected chi connectivity index (χ1v) is 8.09. The predicted molar refractivity (Wildman–Crippen MR) is 105 cm³/mol. The zero-order valence-electron chi connectivity index (χ0n) is 15.0. The molecule has 25 heavy (non-hydrogen) atoms. The molecule has 4 nitrogen and oxygen atoms in total. The molecule has 0 fully saturated rings. The minimum absolute atomic E-state index is 0.737. The van der Waals surface area contributed by atoms with E-state index in [0.717, 1.165) is 33.5 Å². The third-order valence-corrected chi connectivity index (χ3v) is 4.15. The number of anilines is 1. The van der Waals surface area contributed by atoms with E-state index in [1.54, 1.807) is 20.4 Å². The maximum Gasteiger partial charge on any atom is 0.145 e. The molecule has 0 unspecified atom stereocenters. The summed E-state index contributed by atoms with van der Waals surface area (Å²) in [4.78, 5) is 6.55. The van der Waals surface area contributed by atoms with Crippen molar-refractivity contribution in [2.75, 3.05) is 33.2 Å². The number of hydrogen-bond acceptors (Lipinski definition) is 4. The molecule has 0 radical (unpaired) electrons. The Morgan fingerprint density at radius 3 is 2.16 bits per heavy atom. The number of methoxy groups -OCH3 is 2. The summed E-state index contributed by atoms with van der Waals surface area (Å²) in [5, 5.41) is 0.950. The number of ether oxygens (including phenoxy) is 2. The summed E-state index contributed by atoms with van der Waals surface area (Å²) in [6.07, 6.45) is 5.96. The summed E-state index contributed by atoms with van der Waals surface area (Å²) in [7, 11) is 7.39. The van der Waals surface area contributed by atoms with Gasteiger partial charge in [0.15, 0.2) is 0 Å². The highest BCUT2D eigenvalue weighted by Crippen LogP contribution is 2.34. The Morgan fingerprint density at radius 1 is 0.840 bits per heavy atom. The lowest BCUT2D eigenvalue weighted by molar-refractivity contribution is 0.409. The maximum atomic E-state index is 5.53. The van der Waals surface area contributed by atoms with Crippen LogP contribution in [0.2, 0.25) is 0 Å². The second-order valence-corrected chi connectivity index (χ2v) is 5.91. The molecule has 1 heterocycles. The van der Waals surface area contributed by atoms with Crippen LogP contribution >= 0.6 is 0 Å². The minimum atomic E-state index is 0.737. The van der Waals surface area contributed by atoms with Gasteiger partial charge in [0, 0.05) is 26.0 Å². The Bertz CT molecular complexity index is 900. The van der Waals surface area contributed by atoms with Gasteiger partial charge < -0.3 is 14.4 Å². The predicted octanol–water partition coefficient (Wildman–Crippen LogP) is 4.49. The molecule has 0 amide bonds. The van der Waals surface area contributed by atoms with Crippen molar-refractivity contribution in [3.8, 4) is 11.5 Å². The summed E-state index contributed by atoms with van der Waals surface area (Å²) < 4.78 is 11.0. The third kappa shape index (κ3) is 3.43. The van der Waals surface area contributed by atoms with Gasteiger partial charge in [-0.05, 0) is 41.5 Å². The van der Waals surface area contributed by atoms with Crippen LogP contribution in [0.4, 0.5) is 5.69 Å². The number of nitrogens with zero attached hydrogens (tertiary/aromatic N) is 2. The van der Waals surface area contributed by atoms with E-state index < -0.39 is 0 Å². The van der Waals surface area contributed by atoms with Crippen LogP contribution in [0, 0.1) is 0 Å². The molecule has 0 bridgehead atoms. The second-order valence-electron chi connectivity index (χ2n) is 5.91. The second kappa shape index (κ2) is 7.26. The number of rotatable bonds is 5. The molecule has 0 aliphatic rings.